The number of rotatable bonds is 4. The molecule has 0 saturated heterocycles. The molecular weight excluding hydrogens is 285 g/mol. The molecule has 0 spiro atoms. The number of para-hydroxylation sites is 1. The van der Waals surface area contributed by atoms with Crippen LogP contribution in [0, 0.1) is 0 Å². The summed E-state index contributed by atoms with van der Waals surface area (Å²) >= 11 is 0. The summed E-state index contributed by atoms with van der Waals surface area (Å²) in [6.07, 6.45) is -5.40. The van der Waals surface area contributed by atoms with Crippen molar-refractivity contribution in [2.24, 2.45) is 5.84 Å². The standard InChI is InChI=1S/C13H13F3N4O/c14-13(15,16)5-6-18-12(21)11-7-10(20-17)8-3-1-2-4-9(8)19-11/h1-4,7H,5-6,17H2,(H,18,21)(H,19,20). The smallest absolute Gasteiger partial charge is 0.350 e. The lowest BCUT2D eigenvalue weighted by molar-refractivity contribution is -0.132. The van der Waals surface area contributed by atoms with E-state index < -0.39 is 25.0 Å². The molecule has 0 bridgehead atoms. The Morgan fingerprint density at radius 3 is 2.67 bits per heavy atom. The number of anilines is 1. The zero-order valence-electron chi connectivity index (χ0n) is 10.9. The number of nitrogen functional groups attached to an aromatic ring is 1. The molecule has 1 amide bonds. The predicted octanol–water partition coefficient (Wildman–Crippen LogP) is 2.20. The average molecular weight is 298 g/mol. The highest BCUT2D eigenvalue weighted by atomic mass is 19.4. The number of benzene rings is 1. The first kappa shape index (κ1) is 15.0. The lowest BCUT2D eigenvalue weighted by atomic mass is 10.1. The van der Waals surface area contributed by atoms with Crippen molar-refractivity contribution in [3.05, 3.63) is 36.0 Å². The van der Waals surface area contributed by atoms with Gasteiger partial charge in [-0.25, -0.2) is 4.98 Å². The van der Waals surface area contributed by atoms with Gasteiger partial charge in [0.1, 0.15) is 5.69 Å². The van der Waals surface area contributed by atoms with Crippen LogP contribution in [0.5, 0.6) is 0 Å². The maximum atomic E-state index is 12.0. The Bertz CT molecular complexity index is 657. The minimum atomic E-state index is -4.31. The van der Waals surface area contributed by atoms with Gasteiger partial charge in [-0.05, 0) is 12.1 Å². The van der Waals surface area contributed by atoms with Crippen molar-refractivity contribution in [2.45, 2.75) is 12.6 Å². The number of nitrogens with zero attached hydrogens (tertiary/aromatic N) is 1. The molecule has 4 N–H and O–H groups in total. The van der Waals surface area contributed by atoms with E-state index in [4.69, 9.17) is 5.84 Å². The molecule has 0 atom stereocenters. The molecule has 1 aromatic carbocycles. The summed E-state index contributed by atoms with van der Waals surface area (Å²) in [6, 6.07) is 8.37. The van der Waals surface area contributed by atoms with E-state index in [1.54, 1.807) is 24.3 Å². The van der Waals surface area contributed by atoms with Crippen LogP contribution in [0.1, 0.15) is 16.9 Å². The molecule has 0 aliphatic carbocycles. The number of amides is 1. The summed E-state index contributed by atoms with van der Waals surface area (Å²) < 4.78 is 36.1. The molecule has 0 unspecified atom stereocenters. The molecule has 1 heterocycles. The summed E-state index contributed by atoms with van der Waals surface area (Å²) in [5.41, 5.74) is 3.44. The molecule has 0 aliphatic rings. The second-order valence-electron chi connectivity index (χ2n) is 4.34. The Morgan fingerprint density at radius 2 is 2.00 bits per heavy atom. The van der Waals surface area contributed by atoms with E-state index in [0.29, 0.717) is 16.6 Å². The second kappa shape index (κ2) is 5.96. The molecule has 0 saturated carbocycles. The molecule has 8 heteroatoms. The molecule has 0 aliphatic heterocycles. The summed E-state index contributed by atoms with van der Waals surface area (Å²) in [6.45, 7) is -0.498. The van der Waals surface area contributed by atoms with Crippen molar-refractivity contribution in [1.29, 1.82) is 0 Å². The zero-order chi connectivity index (χ0) is 15.5. The summed E-state index contributed by atoms with van der Waals surface area (Å²) in [7, 11) is 0. The van der Waals surface area contributed by atoms with Gasteiger partial charge in [-0.1, -0.05) is 18.2 Å². The minimum Gasteiger partial charge on any atom is -0.350 e. The molecule has 112 valence electrons. The lowest BCUT2D eigenvalue weighted by Gasteiger charge is -2.10. The Labute approximate surface area is 118 Å². The zero-order valence-corrected chi connectivity index (χ0v) is 10.9. The molecule has 21 heavy (non-hydrogen) atoms. The lowest BCUT2D eigenvalue weighted by Crippen LogP contribution is -2.28. The van der Waals surface area contributed by atoms with Crippen LogP contribution in [-0.4, -0.2) is 23.6 Å². The Morgan fingerprint density at radius 1 is 1.29 bits per heavy atom. The first-order valence-electron chi connectivity index (χ1n) is 6.12. The quantitative estimate of drug-likeness (QED) is 0.597. The molecule has 0 radical (unpaired) electrons. The van der Waals surface area contributed by atoms with Gasteiger partial charge in [0.25, 0.3) is 5.91 Å². The molecule has 5 nitrogen and oxygen atoms in total. The number of hydrogen-bond acceptors (Lipinski definition) is 4. The van der Waals surface area contributed by atoms with E-state index in [9.17, 15) is 18.0 Å². The number of hydrazine groups is 1. The fourth-order valence-electron chi connectivity index (χ4n) is 1.82. The number of halogens is 3. The van der Waals surface area contributed by atoms with Gasteiger partial charge in [-0.2, -0.15) is 13.2 Å². The van der Waals surface area contributed by atoms with Crippen LogP contribution in [0.15, 0.2) is 30.3 Å². The molecule has 2 aromatic rings. The number of nitrogens with one attached hydrogen (secondary N) is 2. The van der Waals surface area contributed by atoms with Crippen molar-refractivity contribution < 1.29 is 18.0 Å². The number of nitrogens with two attached hydrogens (primary N) is 1. The largest absolute Gasteiger partial charge is 0.390 e. The van der Waals surface area contributed by atoms with Gasteiger partial charge in [0.15, 0.2) is 0 Å². The highest BCUT2D eigenvalue weighted by molar-refractivity contribution is 5.99. The number of alkyl halides is 3. The van der Waals surface area contributed by atoms with Gasteiger partial charge in [0.2, 0.25) is 0 Å². The molecule has 0 fully saturated rings. The van der Waals surface area contributed by atoms with E-state index in [1.165, 1.54) is 6.07 Å². The fourth-order valence-corrected chi connectivity index (χ4v) is 1.82. The third kappa shape index (κ3) is 3.82. The third-order valence-electron chi connectivity index (χ3n) is 2.80. The van der Waals surface area contributed by atoms with Crippen molar-refractivity contribution in [1.82, 2.24) is 10.3 Å². The first-order valence-corrected chi connectivity index (χ1v) is 6.12. The maximum Gasteiger partial charge on any atom is 0.390 e. The highest BCUT2D eigenvalue weighted by Crippen LogP contribution is 2.22. The van der Waals surface area contributed by atoms with Crippen LogP contribution < -0.4 is 16.6 Å². The van der Waals surface area contributed by atoms with Crippen LogP contribution in [0.2, 0.25) is 0 Å². The van der Waals surface area contributed by atoms with Gasteiger partial charge in [-0.15, -0.1) is 0 Å². The van der Waals surface area contributed by atoms with Crippen LogP contribution >= 0.6 is 0 Å². The minimum absolute atomic E-state index is 0.00354. The van der Waals surface area contributed by atoms with E-state index in [0.717, 1.165) is 0 Å². The number of pyridine rings is 1. The van der Waals surface area contributed by atoms with Gasteiger partial charge in [0, 0.05) is 11.9 Å². The number of carbonyl (C=O) groups excluding carboxylic acids is 1. The SMILES string of the molecule is NNc1cc(C(=O)NCCC(F)(F)F)nc2ccccc12. The van der Waals surface area contributed by atoms with Crippen LogP contribution in [0.4, 0.5) is 18.9 Å². The average Bonchev–Trinajstić information content (AvgIpc) is 2.44. The molecular formula is C13H13F3N4O. The summed E-state index contributed by atoms with van der Waals surface area (Å²) in [5, 5.41) is 2.90. The van der Waals surface area contributed by atoms with Crippen LogP contribution in [-0.2, 0) is 0 Å². The van der Waals surface area contributed by atoms with Crippen LogP contribution in [0.25, 0.3) is 10.9 Å². The number of hydrogen-bond donors (Lipinski definition) is 3. The summed E-state index contributed by atoms with van der Waals surface area (Å²) in [4.78, 5) is 15.9. The molecule has 1 aromatic heterocycles. The van der Waals surface area contributed by atoms with E-state index in [1.807, 2.05) is 0 Å². The number of carbonyl (C=O) groups is 1. The van der Waals surface area contributed by atoms with Gasteiger partial charge < -0.3 is 10.7 Å². The first-order chi connectivity index (χ1) is 9.90. The monoisotopic (exact) mass is 298 g/mol. The Balaban J connectivity index is 2.20. The van der Waals surface area contributed by atoms with Gasteiger partial charge in [0.05, 0.1) is 17.6 Å². The van der Waals surface area contributed by atoms with E-state index >= 15 is 0 Å². The van der Waals surface area contributed by atoms with Crippen molar-refractivity contribution in [2.75, 3.05) is 12.0 Å². The van der Waals surface area contributed by atoms with Crippen molar-refractivity contribution in [3.63, 3.8) is 0 Å². The predicted molar refractivity (Wildman–Crippen MR) is 72.6 cm³/mol. The highest BCUT2D eigenvalue weighted by Gasteiger charge is 2.26. The maximum absolute atomic E-state index is 12.0. The van der Waals surface area contributed by atoms with E-state index in [-0.39, 0.29) is 5.69 Å². The fraction of sp³-hybridized carbons (Fsp3) is 0.231. The van der Waals surface area contributed by atoms with Crippen LogP contribution in [0.3, 0.4) is 0 Å². The summed E-state index contributed by atoms with van der Waals surface area (Å²) in [5.74, 6) is 4.70. The Hall–Kier alpha value is -2.35. The molecule has 2 rings (SSSR count). The van der Waals surface area contributed by atoms with Crippen molar-refractivity contribution >= 4 is 22.5 Å². The Kier molecular flexibility index (Phi) is 4.27. The normalized spacial score (nSPS) is 11.4. The number of aromatic nitrogens is 1. The number of fused-ring (bicyclic) bond motifs is 1. The van der Waals surface area contributed by atoms with Gasteiger partial charge >= 0.3 is 6.18 Å². The van der Waals surface area contributed by atoms with E-state index in [2.05, 4.69) is 15.7 Å². The topological polar surface area (TPSA) is 80.0 Å². The van der Waals surface area contributed by atoms with Crippen molar-refractivity contribution in [3.8, 4) is 0 Å². The third-order valence-corrected chi connectivity index (χ3v) is 2.80. The second-order valence-corrected chi connectivity index (χ2v) is 4.34. The van der Waals surface area contributed by atoms with Gasteiger partial charge in [-0.3, -0.25) is 10.6 Å².